The average Bonchev–Trinajstić information content (AvgIpc) is 3.10. The molecule has 0 aliphatic heterocycles. The average molecular weight is 419 g/mol. The molecule has 0 saturated heterocycles. The van der Waals surface area contributed by atoms with Crippen LogP contribution in [0.3, 0.4) is 0 Å². The molecule has 2 rings (SSSR count). The number of aromatic carboxylic acids is 1. The van der Waals surface area contributed by atoms with Crippen LogP contribution in [0, 0.1) is 0 Å². The van der Waals surface area contributed by atoms with Gasteiger partial charge in [-0.3, -0.25) is 0 Å². The van der Waals surface area contributed by atoms with Crippen LogP contribution in [0.1, 0.15) is 29.5 Å². The summed E-state index contributed by atoms with van der Waals surface area (Å²) in [7, 11) is -3.91. The Hall–Kier alpha value is -1.68. The lowest BCUT2D eigenvalue weighted by atomic mass is 10.1. The molecular weight excluding hydrogens is 400 g/mol. The molecule has 0 unspecified atom stereocenters. The van der Waals surface area contributed by atoms with Crippen LogP contribution >= 0.6 is 23.4 Å². The van der Waals surface area contributed by atoms with E-state index >= 15 is 0 Å². The first-order valence-electron chi connectivity index (χ1n) is 7.75. The maximum atomic E-state index is 12.4. The second-order valence-electron chi connectivity index (χ2n) is 5.27. The predicted molar refractivity (Wildman–Crippen MR) is 102 cm³/mol. The Morgan fingerprint density at radius 1 is 1.38 bits per heavy atom. The van der Waals surface area contributed by atoms with Crippen molar-refractivity contribution < 1.29 is 22.7 Å². The fourth-order valence-electron chi connectivity index (χ4n) is 2.09. The summed E-state index contributed by atoms with van der Waals surface area (Å²) in [6.45, 7) is 2.23. The van der Waals surface area contributed by atoms with Crippen LogP contribution in [0.25, 0.3) is 0 Å². The number of carboxylic acid groups (broad SMARTS) is 1. The standard InChI is InChI=1S/C16H19ClN2O5S2/c1-2-6-25-10-19-26(22,23)15-7-12(16(20)21)14(8-13(15)17)18-9-11-4-3-5-24-11/h3-5,7-8,18-19H,2,6,9-10H2,1H3,(H,20,21). The van der Waals surface area contributed by atoms with Crippen molar-refractivity contribution in [1.82, 2.24) is 4.72 Å². The zero-order chi connectivity index (χ0) is 19.2. The highest BCUT2D eigenvalue weighted by Crippen LogP contribution is 2.29. The number of carboxylic acids is 1. The highest BCUT2D eigenvalue weighted by molar-refractivity contribution is 8.00. The van der Waals surface area contributed by atoms with E-state index < -0.39 is 16.0 Å². The molecule has 1 aromatic heterocycles. The Balaban J connectivity index is 2.25. The van der Waals surface area contributed by atoms with Gasteiger partial charge in [0.2, 0.25) is 10.0 Å². The molecule has 0 radical (unpaired) electrons. The third kappa shape index (κ3) is 5.41. The largest absolute Gasteiger partial charge is 0.478 e. The van der Waals surface area contributed by atoms with Gasteiger partial charge in [0, 0.05) is 0 Å². The minimum atomic E-state index is -3.91. The smallest absolute Gasteiger partial charge is 0.337 e. The number of rotatable bonds is 10. The van der Waals surface area contributed by atoms with Crippen LogP contribution in [-0.2, 0) is 16.6 Å². The monoisotopic (exact) mass is 418 g/mol. The first-order chi connectivity index (χ1) is 12.3. The highest BCUT2D eigenvalue weighted by atomic mass is 35.5. The minimum absolute atomic E-state index is 0.0649. The van der Waals surface area contributed by atoms with Crippen LogP contribution in [0.4, 0.5) is 5.69 Å². The summed E-state index contributed by atoms with van der Waals surface area (Å²) in [5, 5.41) is 12.3. The van der Waals surface area contributed by atoms with E-state index in [1.165, 1.54) is 24.1 Å². The van der Waals surface area contributed by atoms with E-state index in [1.807, 2.05) is 6.92 Å². The molecule has 0 saturated carbocycles. The number of benzene rings is 1. The van der Waals surface area contributed by atoms with Gasteiger partial charge in [-0.05, 0) is 36.4 Å². The Kier molecular flexibility index (Phi) is 7.39. The third-order valence-corrected chi connectivity index (χ3v) is 6.42. The Morgan fingerprint density at radius 3 is 2.77 bits per heavy atom. The molecule has 0 aliphatic carbocycles. The van der Waals surface area contributed by atoms with Crippen LogP contribution in [0.15, 0.2) is 39.8 Å². The number of thioether (sulfide) groups is 1. The SMILES string of the molecule is CCCSCNS(=O)(=O)c1cc(C(=O)O)c(NCc2ccco2)cc1Cl. The fourth-order valence-corrected chi connectivity index (χ4v) is 4.69. The Bertz CT molecular complexity index is 854. The van der Waals surface area contributed by atoms with E-state index in [0.29, 0.717) is 5.76 Å². The summed E-state index contributed by atoms with van der Waals surface area (Å²) in [5.41, 5.74) is 0.0146. The molecule has 2 aromatic rings. The van der Waals surface area contributed by atoms with Crippen molar-refractivity contribution in [3.63, 3.8) is 0 Å². The lowest BCUT2D eigenvalue weighted by molar-refractivity contribution is 0.0697. The zero-order valence-corrected chi connectivity index (χ0v) is 16.4. The van der Waals surface area contributed by atoms with Gasteiger partial charge in [0.25, 0.3) is 0 Å². The van der Waals surface area contributed by atoms with Crippen molar-refractivity contribution in [2.45, 2.75) is 24.8 Å². The van der Waals surface area contributed by atoms with Crippen LogP contribution in [-0.4, -0.2) is 31.1 Å². The predicted octanol–water partition coefficient (Wildman–Crippen LogP) is 3.62. The topological polar surface area (TPSA) is 109 Å². The van der Waals surface area contributed by atoms with Crippen molar-refractivity contribution in [3.05, 3.63) is 46.9 Å². The minimum Gasteiger partial charge on any atom is -0.478 e. The number of nitrogens with one attached hydrogen (secondary N) is 2. The first-order valence-corrected chi connectivity index (χ1v) is 10.8. The molecule has 0 spiro atoms. The summed E-state index contributed by atoms with van der Waals surface area (Å²) >= 11 is 7.54. The molecule has 1 aromatic carbocycles. The molecule has 10 heteroatoms. The maximum Gasteiger partial charge on any atom is 0.337 e. The number of hydrogen-bond donors (Lipinski definition) is 3. The Morgan fingerprint density at radius 2 is 2.15 bits per heavy atom. The van der Waals surface area contributed by atoms with Crippen molar-refractivity contribution in [2.75, 3.05) is 16.9 Å². The number of halogens is 1. The molecule has 7 nitrogen and oxygen atoms in total. The number of hydrogen-bond acceptors (Lipinski definition) is 6. The van der Waals surface area contributed by atoms with E-state index in [0.717, 1.165) is 18.2 Å². The molecular formula is C16H19ClN2O5S2. The molecule has 0 aliphatic rings. The van der Waals surface area contributed by atoms with Gasteiger partial charge in [-0.25, -0.2) is 17.9 Å². The van der Waals surface area contributed by atoms with E-state index in [4.69, 9.17) is 16.0 Å². The fraction of sp³-hybridized carbons (Fsp3) is 0.312. The zero-order valence-electron chi connectivity index (χ0n) is 14.0. The van der Waals surface area contributed by atoms with Crippen molar-refractivity contribution in [1.29, 1.82) is 0 Å². The maximum absolute atomic E-state index is 12.4. The summed E-state index contributed by atoms with van der Waals surface area (Å²) < 4.78 is 32.4. The molecule has 3 N–H and O–H groups in total. The van der Waals surface area contributed by atoms with Gasteiger partial charge in [-0.15, -0.1) is 11.8 Å². The lowest BCUT2D eigenvalue weighted by Crippen LogP contribution is -2.24. The molecule has 1 heterocycles. The summed E-state index contributed by atoms with van der Waals surface area (Å²) in [4.78, 5) is 11.3. The van der Waals surface area contributed by atoms with Gasteiger partial charge >= 0.3 is 5.97 Å². The van der Waals surface area contributed by atoms with Crippen LogP contribution in [0.5, 0.6) is 0 Å². The summed E-state index contributed by atoms with van der Waals surface area (Å²) in [6, 6.07) is 5.79. The molecule has 0 bridgehead atoms. The van der Waals surface area contributed by atoms with Crippen molar-refractivity contribution in [2.24, 2.45) is 0 Å². The Labute approximate surface area is 161 Å². The van der Waals surface area contributed by atoms with Crippen molar-refractivity contribution in [3.8, 4) is 0 Å². The van der Waals surface area contributed by atoms with Gasteiger partial charge in [0.15, 0.2) is 0 Å². The lowest BCUT2D eigenvalue weighted by Gasteiger charge is -2.13. The van der Waals surface area contributed by atoms with E-state index in [2.05, 4.69) is 10.0 Å². The molecule has 0 atom stereocenters. The van der Waals surface area contributed by atoms with Gasteiger partial charge < -0.3 is 14.8 Å². The quantitative estimate of drug-likeness (QED) is 0.399. The third-order valence-electron chi connectivity index (χ3n) is 3.32. The highest BCUT2D eigenvalue weighted by Gasteiger charge is 2.22. The molecule has 26 heavy (non-hydrogen) atoms. The molecule has 0 amide bonds. The van der Waals surface area contributed by atoms with Gasteiger partial charge in [-0.2, -0.15) is 0 Å². The van der Waals surface area contributed by atoms with Gasteiger partial charge in [0.05, 0.1) is 35.0 Å². The van der Waals surface area contributed by atoms with E-state index in [-0.39, 0.29) is 33.6 Å². The number of anilines is 1. The molecule has 0 fully saturated rings. The number of sulfonamides is 1. The van der Waals surface area contributed by atoms with Gasteiger partial charge in [-0.1, -0.05) is 18.5 Å². The second-order valence-corrected chi connectivity index (χ2v) is 8.51. The van der Waals surface area contributed by atoms with Gasteiger partial charge in [0.1, 0.15) is 10.7 Å². The first kappa shape index (κ1) is 20.6. The molecule has 142 valence electrons. The number of carbonyl (C=O) groups is 1. The second kappa shape index (κ2) is 9.31. The van der Waals surface area contributed by atoms with E-state index in [9.17, 15) is 18.3 Å². The van der Waals surface area contributed by atoms with Crippen molar-refractivity contribution >= 4 is 45.0 Å². The number of furan rings is 1. The van der Waals surface area contributed by atoms with Crippen LogP contribution in [0.2, 0.25) is 5.02 Å². The summed E-state index contributed by atoms with van der Waals surface area (Å²) in [6.07, 6.45) is 2.42. The normalized spacial score (nSPS) is 11.5. The van der Waals surface area contributed by atoms with E-state index in [1.54, 1.807) is 12.1 Å². The summed E-state index contributed by atoms with van der Waals surface area (Å²) in [5.74, 6) is 0.337. The van der Waals surface area contributed by atoms with Crippen LogP contribution < -0.4 is 10.0 Å².